The lowest BCUT2D eigenvalue weighted by molar-refractivity contribution is 0.0974. The molecule has 0 spiro atoms. The number of rotatable bonds is 1. The van der Waals surface area contributed by atoms with E-state index < -0.39 is 6.23 Å². The highest BCUT2D eigenvalue weighted by Crippen LogP contribution is 2.30. The van der Waals surface area contributed by atoms with Crippen LogP contribution in [0.4, 0.5) is 0 Å². The minimum Gasteiger partial charge on any atom is -0.484 e. The Balaban J connectivity index is 2.24. The average Bonchev–Trinajstić information content (AvgIpc) is 2.18. The Morgan fingerprint density at radius 1 is 1.38 bits per heavy atom. The van der Waals surface area contributed by atoms with Crippen molar-refractivity contribution in [3.63, 3.8) is 0 Å². The van der Waals surface area contributed by atoms with Gasteiger partial charge in [0.2, 0.25) is 12.3 Å². The molecule has 0 N–H and O–H groups in total. The lowest BCUT2D eigenvalue weighted by atomic mass is 10.3. The molecular weight excluding hydrogens is 170 g/mol. The molecule has 1 aromatic carbocycles. The zero-order valence-corrected chi connectivity index (χ0v) is 6.77. The highest BCUT2D eigenvalue weighted by atomic mass is 16.6. The van der Waals surface area contributed by atoms with E-state index in [1.807, 2.05) is 12.1 Å². The van der Waals surface area contributed by atoms with Gasteiger partial charge in [-0.2, -0.15) is 4.99 Å². The van der Waals surface area contributed by atoms with Gasteiger partial charge in [-0.05, 0) is 12.1 Å². The van der Waals surface area contributed by atoms with Crippen LogP contribution < -0.4 is 9.47 Å². The topological polar surface area (TPSA) is 47.9 Å². The molecule has 0 saturated carbocycles. The minimum absolute atomic E-state index is 0.256. The molecular formula is C9H7NO3. The molecule has 1 aromatic rings. The number of para-hydroxylation sites is 2. The summed E-state index contributed by atoms with van der Waals surface area (Å²) >= 11 is 0. The Morgan fingerprint density at radius 3 is 2.92 bits per heavy atom. The van der Waals surface area contributed by atoms with Crippen molar-refractivity contribution in [1.82, 2.24) is 0 Å². The third-order valence-corrected chi connectivity index (χ3v) is 1.69. The molecule has 0 aromatic heterocycles. The number of fused-ring (bicyclic) bond motifs is 1. The summed E-state index contributed by atoms with van der Waals surface area (Å²) < 4.78 is 10.6. The molecule has 0 radical (unpaired) electrons. The third kappa shape index (κ3) is 1.53. The van der Waals surface area contributed by atoms with Crippen molar-refractivity contribution in [1.29, 1.82) is 0 Å². The SMILES string of the molecule is O=C=NC1COc2ccccc2O1. The van der Waals surface area contributed by atoms with Gasteiger partial charge in [0.05, 0.1) is 0 Å². The molecule has 0 aliphatic carbocycles. The summed E-state index contributed by atoms with van der Waals surface area (Å²) in [5.74, 6) is 1.29. The minimum atomic E-state index is -0.563. The van der Waals surface area contributed by atoms with Crippen LogP contribution in [0.3, 0.4) is 0 Å². The number of hydrogen-bond acceptors (Lipinski definition) is 4. The van der Waals surface area contributed by atoms with Crippen LogP contribution in [-0.4, -0.2) is 18.9 Å². The van der Waals surface area contributed by atoms with Gasteiger partial charge in [0.15, 0.2) is 11.5 Å². The molecule has 0 fully saturated rings. The first-order valence-corrected chi connectivity index (χ1v) is 3.85. The predicted molar refractivity (Wildman–Crippen MR) is 44.5 cm³/mol. The van der Waals surface area contributed by atoms with Crippen LogP contribution in [0.25, 0.3) is 0 Å². The zero-order valence-electron chi connectivity index (χ0n) is 6.77. The van der Waals surface area contributed by atoms with E-state index in [4.69, 9.17) is 9.47 Å². The number of ether oxygens (including phenoxy) is 2. The Kier molecular flexibility index (Phi) is 1.98. The van der Waals surface area contributed by atoms with Crippen LogP contribution in [0.15, 0.2) is 29.3 Å². The molecule has 13 heavy (non-hydrogen) atoms. The maximum Gasteiger partial charge on any atom is 0.238 e. The van der Waals surface area contributed by atoms with E-state index >= 15 is 0 Å². The second kappa shape index (κ2) is 3.29. The summed E-state index contributed by atoms with van der Waals surface area (Å²) in [4.78, 5) is 13.4. The van der Waals surface area contributed by atoms with Crippen LogP contribution in [-0.2, 0) is 4.79 Å². The lowest BCUT2D eigenvalue weighted by Gasteiger charge is -2.22. The van der Waals surface area contributed by atoms with Gasteiger partial charge in [-0.1, -0.05) is 12.1 Å². The Labute approximate surface area is 74.8 Å². The van der Waals surface area contributed by atoms with Gasteiger partial charge in [0.1, 0.15) is 6.61 Å². The summed E-state index contributed by atoms with van der Waals surface area (Å²) in [6.07, 6.45) is 0.876. The van der Waals surface area contributed by atoms with E-state index in [0.29, 0.717) is 11.5 Å². The number of carbonyl (C=O) groups excluding carboxylic acids is 1. The van der Waals surface area contributed by atoms with E-state index in [0.717, 1.165) is 0 Å². The average molecular weight is 177 g/mol. The molecule has 2 rings (SSSR count). The first-order chi connectivity index (χ1) is 6.40. The number of isocyanates is 1. The monoisotopic (exact) mass is 177 g/mol. The van der Waals surface area contributed by atoms with Crippen LogP contribution in [0.2, 0.25) is 0 Å². The van der Waals surface area contributed by atoms with Crippen molar-refractivity contribution >= 4 is 6.08 Å². The molecule has 4 nitrogen and oxygen atoms in total. The van der Waals surface area contributed by atoms with E-state index in [2.05, 4.69) is 4.99 Å². The summed E-state index contributed by atoms with van der Waals surface area (Å²) in [6, 6.07) is 7.25. The standard InChI is InChI=1S/C9H7NO3/c11-6-10-9-5-12-7-3-1-2-4-8(7)13-9/h1-4,9H,5H2. The van der Waals surface area contributed by atoms with Gasteiger partial charge in [-0.15, -0.1) is 0 Å². The van der Waals surface area contributed by atoms with Crippen LogP contribution in [0.5, 0.6) is 11.5 Å². The van der Waals surface area contributed by atoms with Gasteiger partial charge in [-0.3, -0.25) is 0 Å². The second-order valence-corrected chi connectivity index (χ2v) is 2.55. The fraction of sp³-hybridized carbons (Fsp3) is 0.222. The van der Waals surface area contributed by atoms with E-state index in [-0.39, 0.29) is 6.61 Å². The second-order valence-electron chi connectivity index (χ2n) is 2.55. The molecule has 1 aliphatic rings. The maximum atomic E-state index is 9.96. The fourth-order valence-electron chi connectivity index (χ4n) is 1.13. The lowest BCUT2D eigenvalue weighted by Crippen LogP contribution is -2.26. The van der Waals surface area contributed by atoms with Gasteiger partial charge in [0, 0.05) is 0 Å². The normalized spacial score (nSPS) is 18.9. The third-order valence-electron chi connectivity index (χ3n) is 1.69. The van der Waals surface area contributed by atoms with Crippen molar-refractivity contribution in [3.8, 4) is 11.5 Å². The maximum absolute atomic E-state index is 9.96. The van der Waals surface area contributed by atoms with E-state index in [1.54, 1.807) is 12.1 Å². The molecule has 1 unspecified atom stereocenters. The number of hydrogen-bond donors (Lipinski definition) is 0. The smallest absolute Gasteiger partial charge is 0.238 e. The number of aliphatic imine (C=N–C) groups is 1. The van der Waals surface area contributed by atoms with E-state index in [9.17, 15) is 4.79 Å². The van der Waals surface area contributed by atoms with Gasteiger partial charge in [0.25, 0.3) is 0 Å². The molecule has 1 aliphatic heterocycles. The fourth-order valence-corrected chi connectivity index (χ4v) is 1.13. The summed E-state index contributed by atoms with van der Waals surface area (Å²) in [6.45, 7) is 0.256. The summed E-state index contributed by atoms with van der Waals surface area (Å²) in [5.41, 5.74) is 0. The van der Waals surface area contributed by atoms with Gasteiger partial charge in [-0.25, -0.2) is 4.79 Å². The van der Waals surface area contributed by atoms with Crippen molar-refractivity contribution in [2.45, 2.75) is 6.23 Å². The Bertz CT molecular complexity index is 358. The largest absolute Gasteiger partial charge is 0.484 e. The van der Waals surface area contributed by atoms with E-state index in [1.165, 1.54) is 6.08 Å². The molecule has 0 amide bonds. The van der Waals surface area contributed by atoms with Gasteiger partial charge < -0.3 is 9.47 Å². The highest BCUT2D eigenvalue weighted by molar-refractivity contribution is 5.41. The van der Waals surface area contributed by atoms with Crippen molar-refractivity contribution in [2.75, 3.05) is 6.61 Å². The molecule has 1 atom stereocenters. The quantitative estimate of drug-likeness (QED) is 0.477. The van der Waals surface area contributed by atoms with Crippen molar-refractivity contribution in [2.24, 2.45) is 4.99 Å². The molecule has 4 heteroatoms. The number of nitrogens with zero attached hydrogens (tertiary/aromatic N) is 1. The molecule has 1 heterocycles. The first kappa shape index (κ1) is 7.83. The summed E-state index contributed by atoms with van der Waals surface area (Å²) in [5, 5.41) is 0. The molecule has 0 saturated heterocycles. The van der Waals surface area contributed by atoms with Crippen LogP contribution in [0, 0.1) is 0 Å². The van der Waals surface area contributed by atoms with Crippen molar-refractivity contribution < 1.29 is 14.3 Å². The predicted octanol–water partition coefficient (Wildman–Crippen LogP) is 1.12. The Hall–Kier alpha value is -1.80. The first-order valence-electron chi connectivity index (χ1n) is 3.85. The molecule has 0 bridgehead atoms. The Morgan fingerprint density at radius 2 is 2.15 bits per heavy atom. The van der Waals surface area contributed by atoms with Crippen molar-refractivity contribution in [3.05, 3.63) is 24.3 Å². The summed E-state index contributed by atoms with van der Waals surface area (Å²) in [7, 11) is 0. The van der Waals surface area contributed by atoms with Gasteiger partial charge >= 0.3 is 0 Å². The van der Waals surface area contributed by atoms with Crippen LogP contribution >= 0.6 is 0 Å². The highest BCUT2D eigenvalue weighted by Gasteiger charge is 2.18. The molecule has 66 valence electrons. The zero-order chi connectivity index (χ0) is 9.10. The number of benzene rings is 1. The van der Waals surface area contributed by atoms with Crippen LogP contribution in [0.1, 0.15) is 0 Å².